The zero-order valence-electron chi connectivity index (χ0n) is 10.8. The minimum atomic E-state index is 0.504. The maximum absolute atomic E-state index is 5.98. The largest absolute Gasteiger partial charge is 0.310 e. The molecule has 94 valence electrons. The smallest absolute Gasteiger partial charge is 0.0409 e. The molecule has 2 rings (SSSR count). The molecule has 1 atom stereocenters. The summed E-state index contributed by atoms with van der Waals surface area (Å²) in [6.45, 7) is 5.68. The zero-order valence-corrected chi connectivity index (χ0v) is 11.6. The summed E-state index contributed by atoms with van der Waals surface area (Å²) in [6.07, 6.45) is 5.31. The topological polar surface area (TPSA) is 12.0 Å². The number of nitrogens with one attached hydrogen (secondary N) is 1. The van der Waals surface area contributed by atoms with E-state index >= 15 is 0 Å². The molecule has 1 saturated carbocycles. The van der Waals surface area contributed by atoms with Crippen molar-refractivity contribution in [1.82, 2.24) is 5.32 Å². The van der Waals surface area contributed by atoms with Crippen LogP contribution in [0.25, 0.3) is 0 Å². The van der Waals surface area contributed by atoms with E-state index in [1.807, 2.05) is 18.2 Å². The first-order valence-corrected chi connectivity index (χ1v) is 6.91. The highest BCUT2D eigenvalue weighted by atomic mass is 35.5. The van der Waals surface area contributed by atoms with Gasteiger partial charge < -0.3 is 5.32 Å². The van der Waals surface area contributed by atoms with Gasteiger partial charge in [-0.05, 0) is 42.4 Å². The van der Waals surface area contributed by atoms with Crippen LogP contribution in [0.2, 0.25) is 5.02 Å². The SMILES string of the molecule is CC1(C)CCCC(NCc2cccc(Cl)c2)C1. The molecule has 0 saturated heterocycles. The zero-order chi connectivity index (χ0) is 12.3. The van der Waals surface area contributed by atoms with Gasteiger partial charge in [0, 0.05) is 17.6 Å². The Morgan fingerprint density at radius 1 is 1.41 bits per heavy atom. The minimum Gasteiger partial charge on any atom is -0.310 e. The van der Waals surface area contributed by atoms with Crippen molar-refractivity contribution in [3.8, 4) is 0 Å². The molecule has 0 amide bonds. The van der Waals surface area contributed by atoms with Gasteiger partial charge in [-0.1, -0.05) is 44.0 Å². The van der Waals surface area contributed by atoms with E-state index in [0.29, 0.717) is 11.5 Å². The van der Waals surface area contributed by atoms with Gasteiger partial charge in [0.2, 0.25) is 0 Å². The molecule has 1 nitrogen and oxygen atoms in total. The van der Waals surface area contributed by atoms with Crippen LogP contribution in [-0.2, 0) is 6.54 Å². The van der Waals surface area contributed by atoms with Crippen LogP contribution >= 0.6 is 11.6 Å². The van der Waals surface area contributed by atoms with E-state index in [1.165, 1.54) is 31.2 Å². The molecule has 1 aliphatic carbocycles. The molecular weight excluding hydrogens is 230 g/mol. The van der Waals surface area contributed by atoms with Crippen molar-refractivity contribution in [3.05, 3.63) is 34.9 Å². The van der Waals surface area contributed by atoms with Crippen LogP contribution in [0.15, 0.2) is 24.3 Å². The highest BCUT2D eigenvalue weighted by Gasteiger charge is 2.27. The highest BCUT2D eigenvalue weighted by Crippen LogP contribution is 2.35. The Morgan fingerprint density at radius 3 is 2.94 bits per heavy atom. The maximum atomic E-state index is 5.98. The number of halogens is 1. The van der Waals surface area contributed by atoms with Crippen molar-refractivity contribution >= 4 is 11.6 Å². The maximum Gasteiger partial charge on any atom is 0.0409 e. The minimum absolute atomic E-state index is 0.504. The lowest BCUT2D eigenvalue weighted by Gasteiger charge is -2.35. The summed E-state index contributed by atoms with van der Waals surface area (Å²) in [5.41, 5.74) is 1.78. The van der Waals surface area contributed by atoms with Crippen molar-refractivity contribution in [3.63, 3.8) is 0 Å². The monoisotopic (exact) mass is 251 g/mol. The number of hydrogen-bond acceptors (Lipinski definition) is 1. The number of rotatable bonds is 3. The number of benzene rings is 1. The van der Waals surface area contributed by atoms with E-state index in [2.05, 4.69) is 25.2 Å². The first-order chi connectivity index (χ1) is 8.05. The van der Waals surface area contributed by atoms with Crippen LogP contribution in [0.1, 0.15) is 45.1 Å². The molecule has 1 aliphatic rings. The summed E-state index contributed by atoms with van der Waals surface area (Å²) in [7, 11) is 0. The van der Waals surface area contributed by atoms with Crippen molar-refractivity contribution in [2.75, 3.05) is 0 Å². The van der Waals surface area contributed by atoms with E-state index in [-0.39, 0.29) is 0 Å². The van der Waals surface area contributed by atoms with Gasteiger partial charge in [0.1, 0.15) is 0 Å². The van der Waals surface area contributed by atoms with Crippen LogP contribution in [0, 0.1) is 5.41 Å². The third kappa shape index (κ3) is 4.01. The fourth-order valence-electron chi connectivity index (χ4n) is 2.78. The molecule has 0 aliphatic heterocycles. The van der Waals surface area contributed by atoms with E-state index in [4.69, 9.17) is 11.6 Å². The summed E-state index contributed by atoms with van der Waals surface area (Å²) in [5.74, 6) is 0. The van der Waals surface area contributed by atoms with E-state index in [9.17, 15) is 0 Å². The lowest BCUT2D eigenvalue weighted by atomic mass is 9.75. The quantitative estimate of drug-likeness (QED) is 0.840. The van der Waals surface area contributed by atoms with E-state index in [1.54, 1.807) is 0 Å². The van der Waals surface area contributed by atoms with Gasteiger partial charge in [-0.2, -0.15) is 0 Å². The van der Waals surface area contributed by atoms with Crippen LogP contribution < -0.4 is 5.32 Å². The van der Waals surface area contributed by atoms with Crippen molar-refractivity contribution in [2.24, 2.45) is 5.41 Å². The van der Waals surface area contributed by atoms with Gasteiger partial charge in [-0.15, -0.1) is 0 Å². The van der Waals surface area contributed by atoms with Gasteiger partial charge >= 0.3 is 0 Å². The summed E-state index contributed by atoms with van der Waals surface area (Å²) < 4.78 is 0. The second kappa shape index (κ2) is 5.41. The second-order valence-electron chi connectivity index (χ2n) is 5.97. The molecule has 0 bridgehead atoms. The van der Waals surface area contributed by atoms with Gasteiger partial charge in [-0.3, -0.25) is 0 Å². The fourth-order valence-corrected chi connectivity index (χ4v) is 2.99. The molecule has 0 spiro atoms. The normalized spacial score (nSPS) is 23.6. The number of hydrogen-bond donors (Lipinski definition) is 1. The van der Waals surface area contributed by atoms with Crippen LogP contribution in [0.3, 0.4) is 0 Å². The van der Waals surface area contributed by atoms with Gasteiger partial charge in [0.05, 0.1) is 0 Å². The Bertz CT molecular complexity index is 373. The fraction of sp³-hybridized carbons (Fsp3) is 0.600. The molecule has 17 heavy (non-hydrogen) atoms. The second-order valence-corrected chi connectivity index (χ2v) is 6.40. The lowest BCUT2D eigenvalue weighted by Crippen LogP contribution is -2.36. The molecule has 0 aromatic heterocycles. The van der Waals surface area contributed by atoms with Gasteiger partial charge in [0.15, 0.2) is 0 Å². The Hall–Kier alpha value is -0.530. The lowest BCUT2D eigenvalue weighted by molar-refractivity contribution is 0.198. The summed E-state index contributed by atoms with van der Waals surface area (Å²) in [5, 5.41) is 4.49. The summed E-state index contributed by atoms with van der Waals surface area (Å²) in [6, 6.07) is 8.78. The third-order valence-corrected chi connectivity index (χ3v) is 3.92. The molecule has 1 aromatic rings. The first-order valence-electron chi connectivity index (χ1n) is 6.53. The van der Waals surface area contributed by atoms with Crippen molar-refractivity contribution in [2.45, 2.75) is 52.1 Å². The molecule has 0 heterocycles. The third-order valence-electron chi connectivity index (χ3n) is 3.69. The molecule has 2 heteroatoms. The molecule has 0 radical (unpaired) electrons. The molecule has 1 unspecified atom stereocenters. The van der Waals surface area contributed by atoms with Gasteiger partial charge in [0.25, 0.3) is 0 Å². The van der Waals surface area contributed by atoms with Gasteiger partial charge in [-0.25, -0.2) is 0 Å². The summed E-state index contributed by atoms with van der Waals surface area (Å²) in [4.78, 5) is 0. The van der Waals surface area contributed by atoms with Crippen LogP contribution in [-0.4, -0.2) is 6.04 Å². The van der Waals surface area contributed by atoms with E-state index < -0.39 is 0 Å². The average Bonchev–Trinajstić information content (AvgIpc) is 2.25. The predicted molar refractivity (Wildman–Crippen MR) is 74.3 cm³/mol. The van der Waals surface area contributed by atoms with Crippen LogP contribution in [0.4, 0.5) is 0 Å². The Balaban J connectivity index is 1.86. The summed E-state index contributed by atoms with van der Waals surface area (Å²) >= 11 is 5.98. The molecule has 1 aromatic carbocycles. The van der Waals surface area contributed by atoms with Crippen LogP contribution in [0.5, 0.6) is 0 Å². The predicted octanol–water partition coefficient (Wildman–Crippen LogP) is 4.40. The molecule has 1 fully saturated rings. The Labute approximate surface area is 110 Å². The molecule has 1 N–H and O–H groups in total. The molecular formula is C15H22ClN. The Morgan fingerprint density at radius 2 is 2.24 bits per heavy atom. The highest BCUT2D eigenvalue weighted by molar-refractivity contribution is 6.30. The van der Waals surface area contributed by atoms with Crippen molar-refractivity contribution < 1.29 is 0 Å². The standard InChI is InChI=1S/C15H22ClN/c1-15(2)8-4-7-14(10-15)17-11-12-5-3-6-13(16)9-12/h3,5-6,9,14,17H,4,7-8,10-11H2,1-2H3. The van der Waals surface area contributed by atoms with E-state index in [0.717, 1.165) is 11.6 Å². The first kappa shape index (κ1) is 12.9. The Kier molecular flexibility index (Phi) is 4.11. The average molecular weight is 252 g/mol. The van der Waals surface area contributed by atoms with Crippen molar-refractivity contribution in [1.29, 1.82) is 0 Å².